The van der Waals surface area contributed by atoms with E-state index in [1.54, 1.807) is 24.3 Å². The maximum absolute atomic E-state index is 12.9. The van der Waals surface area contributed by atoms with Gasteiger partial charge in [0.1, 0.15) is 13.2 Å². The fourth-order valence-corrected chi connectivity index (χ4v) is 5.80. The van der Waals surface area contributed by atoms with E-state index in [0.29, 0.717) is 11.1 Å². The Labute approximate surface area is 195 Å². The summed E-state index contributed by atoms with van der Waals surface area (Å²) >= 11 is 0. The highest BCUT2D eigenvalue weighted by molar-refractivity contribution is 5.90. The largest absolute Gasteiger partial charge is 0.461 e. The maximum atomic E-state index is 12.9. The molecule has 3 aliphatic rings. The lowest BCUT2D eigenvalue weighted by Gasteiger charge is -2.36. The Morgan fingerprint density at radius 1 is 0.606 bits per heavy atom. The molecule has 0 atom stereocenters. The molecule has 33 heavy (non-hydrogen) atoms. The number of allylic oxidation sites excluding steroid dienone is 2. The van der Waals surface area contributed by atoms with Gasteiger partial charge in [-0.15, -0.1) is 0 Å². The van der Waals surface area contributed by atoms with E-state index in [-0.39, 0.29) is 25.2 Å². The van der Waals surface area contributed by atoms with E-state index in [4.69, 9.17) is 9.47 Å². The van der Waals surface area contributed by atoms with Crippen LogP contribution in [-0.2, 0) is 9.47 Å². The summed E-state index contributed by atoms with van der Waals surface area (Å²) in [6.07, 6.45) is 8.76. The summed E-state index contributed by atoms with van der Waals surface area (Å²) in [7, 11) is 0. The molecule has 0 fully saturated rings. The van der Waals surface area contributed by atoms with Crippen molar-refractivity contribution in [1.82, 2.24) is 0 Å². The second-order valence-corrected chi connectivity index (χ2v) is 9.29. The summed E-state index contributed by atoms with van der Waals surface area (Å²) in [6.45, 7) is 0.445. The van der Waals surface area contributed by atoms with Crippen molar-refractivity contribution in [3.05, 3.63) is 94.1 Å². The van der Waals surface area contributed by atoms with Gasteiger partial charge in [-0.05, 0) is 97.9 Å². The van der Waals surface area contributed by atoms with Gasteiger partial charge in [0, 0.05) is 0 Å². The molecular weight excluding hydrogens is 412 g/mol. The van der Waals surface area contributed by atoms with E-state index >= 15 is 0 Å². The molecule has 0 N–H and O–H groups in total. The van der Waals surface area contributed by atoms with Gasteiger partial charge in [0.15, 0.2) is 0 Å². The number of carbonyl (C=O) groups excluding carboxylic acids is 2. The van der Waals surface area contributed by atoms with Crippen LogP contribution in [0.25, 0.3) is 0 Å². The average molecular weight is 443 g/mol. The Kier molecular flexibility index (Phi) is 6.17. The SMILES string of the molecule is O=C(OCC1(COC(=O)c2ccccc2)C2=C(CCCC2)C2=C1CCCC2)c1ccccc1. The molecule has 2 aromatic carbocycles. The predicted molar refractivity (Wildman–Crippen MR) is 127 cm³/mol. The van der Waals surface area contributed by atoms with Crippen LogP contribution in [0.15, 0.2) is 83.0 Å². The van der Waals surface area contributed by atoms with Crippen molar-refractivity contribution >= 4 is 11.9 Å². The van der Waals surface area contributed by atoms with Crippen LogP contribution < -0.4 is 0 Å². The van der Waals surface area contributed by atoms with E-state index in [1.807, 2.05) is 36.4 Å². The topological polar surface area (TPSA) is 52.6 Å². The fourth-order valence-electron chi connectivity index (χ4n) is 5.80. The van der Waals surface area contributed by atoms with Crippen LogP contribution in [0.4, 0.5) is 0 Å². The normalized spacial score (nSPS) is 19.0. The van der Waals surface area contributed by atoms with Gasteiger partial charge in [0.25, 0.3) is 0 Å². The quantitative estimate of drug-likeness (QED) is 0.483. The molecule has 0 saturated heterocycles. The van der Waals surface area contributed by atoms with Crippen molar-refractivity contribution in [2.45, 2.75) is 51.4 Å². The molecule has 3 aliphatic carbocycles. The van der Waals surface area contributed by atoms with Gasteiger partial charge in [0.05, 0.1) is 16.5 Å². The van der Waals surface area contributed by atoms with Crippen LogP contribution in [0, 0.1) is 5.41 Å². The zero-order chi connectivity index (χ0) is 22.7. The third-order valence-electron chi connectivity index (χ3n) is 7.37. The van der Waals surface area contributed by atoms with Gasteiger partial charge in [-0.1, -0.05) is 36.4 Å². The van der Waals surface area contributed by atoms with Crippen molar-refractivity contribution in [2.75, 3.05) is 13.2 Å². The van der Waals surface area contributed by atoms with Crippen LogP contribution in [0.2, 0.25) is 0 Å². The summed E-state index contributed by atoms with van der Waals surface area (Å²) in [6, 6.07) is 18.2. The van der Waals surface area contributed by atoms with E-state index < -0.39 is 5.41 Å². The average Bonchev–Trinajstić information content (AvgIpc) is 3.17. The van der Waals surface area contributed by atoms with E-state index in [1.165, 1.54) is 35.1 Å². The number of hydrogen-bond acceptors (Lipinski definition) is 4. The molecule has 4 heteroatoms. The minimum Gasteiger partial charge on any atom is -0.461 e. The zero-order valence-electron chi connectivity index (χ0n) is 19.0. The number of rotatable bonds is 6. The second-order valence-electron chi connectivity index (χ2n) is 9.29. The van der Waals surface area contributed by atoms with Crippen LogP contribution in [0.3, 0.4) is 0 Å². The van der Waals surface area contributed by atoms with Gasteiger partial charge in [-0.3, -0.25) is 0 Å². The first-order valence-electron chi connectivity index (χ1n) is 12.1. The molecule has 170 valence electrons. The number of hydrogen-bond donors (Lipinski definition) is 0. The molecule has 5 rings (SSSR count). The van der Waals surface area contributed by atoms with Gasteiger partial charge >= 0.3 is 11.9 Å². The first-order chi connectivity index (χ1) is 16.2. The lowest BCUT2D eigenvalue weighted by molar-refractivity contribution is 0.0140. The van der Waals surface area contributed by atoms with Gasteiger partial charge in [0.2, 0.25) is 0 Å². The summed E-state index contributed by atoms with van der Waals surface area (Å²) < 4.78 is 11.9. The third-order valence-corrected chi connectivity index (χ3v) is 7.37. The molecule has 0 bridgehead atoms. The zero-order valence-corrected chi connectivity index (χ0v) is 19.0. The van der Waals surface area contributed by atoms with Crippen LogP contribution >= 0.6 is 0 Å². The molecule has 0 aromatic heterocycles. The highest BCUT2D eigenvalue weighted by Gasteiger charge is 2.49. The van der Waals surface area contributed by atoms with Crippen molar-refractivity contribution in [3.8, 4) is 0 Å². The fraction of sp³-hybridized carbons (Fsp3) is 0.379. The lowest BCUT2D eigenvalue weighted by atomic mass is 9.72. The Bertz CT molecular complexity index is 1010. The van der Waals surface area contributed by atoms with Crippen molar-refractivity contribution in [1.29, 1.82) is 0 Å². The van der Waals surface area contributed by atoms with Gasteiger partial charge in [-0.2, -0.15) is 0 Å². The van der Waals surface area contributed by atoms with Crippen molar-refractivity contribution in [2.24, 2.45) is 5.41 Å². The van der Waals surface area contributed by atoms with Crippen molar-refractivity contribution < 1.29 is 19.1 Å². The number of esters is 2. The smallest absolute Gasteiger partial charge is 0.338 e. The monoisotopic (exact) mass is 442 g/mol. The Morgan fingerprint density at radius 2 is 1.00 bits per heavy atom. The van der Waals surface area contributed by atoms with E-state index in [9.17, 15) is 9.59 Å². The molecule has 0 amide bonds. The standard InChI is InChI=1S/C29H30O4/c30-27(21-11-3-1-4-12-21)32-19-29(20-33-28(31)22-13-5-2-6-14-22)25-17-9-7-15-23(25)24-16-8-10-18-26(24)29/h1-6,11-14H,7-10,15-20H2. The second kappa shape index (κ2) is 9.38. The molecule has 4 nitrogen and oxygen atoms in total. The number of fused-ring (bicyclic) bond motifs is 1. The van der Waals surface area contributed by atoms with Crippen LogP contribution in [0.5, 0.6) is 0 Å². The molecule has 0 heterocycles. The third kappa shape index (κ3) is 4.15. The van der Waals surface area contributed by atoms with Crippen molar-refractivity contribution in [3.63, 3.8) is 0 Å². The molecule has 0 spiro atoms. The molecule has 0 radical (unpaired) electrons. The number of carbonyl (C=O) groups is 2. The predicted octanol–water partition coefficient (Wildman–Crippen LogP) is 6.44. The highest BCUT2D eigenvalue weighted by Crippen LogP contribution is 2.57. The first-order valence-corrected chi connectivity index (χ1v) is 12.1. The van der Waals surface area contributed by atoms with Gasteiger partial charge in [-0.25, -0.2) is 9.59 Å². The van der Waals surface area contributed by atoms with Gasteiger partial charge < -0.3 is 9.47 Å². The Balaban J connectivity index is 1.46. The Morgan fingerprint density at radius 3 is 1.42 bits per heavy atom. The first kappa shape index (κ1) is 21.7. The van der Waals surface area contributed by atoms with E-state index in [2.05, 4.69) is 0 Å². The minimum atomic E-state index is -0.527. The molecule has 2 aromatic rings. The molecular formula is C29H30O4. The lowest BCUT2D eigenvalue weighted by Crippen LogP contribution is -2.38. The maximum Gasteiger partial charge on any atom is 0.338 e. The minimum absolute atomic E-state index is 0.223. The molecule has 0 unspecified atom stereocenters. The highest BCUT2D eigenvalue weighted by atomic mass is 16.5. The summed E-state index contributed by atoms with van der Waals surface area (Å²) in [4.78, 5) is 25.7. The number of ether oxygens (including phenoxy) is 2. The summed E-state index contributed by atoms with van der Waals surface area (Å²) in [5.74, 6) is -0.653. The molecule has 0 saturated carbocycles. The molecule has 0 aliphatic heterocycles. The summed E-state index contributed by atoms with van der Waals surface area (Å²) in [5, 5.41) is 0. The van der Waals surface area contributed by atoms with E-state index in [0.717, 1.165) is 38.5 Å². The number of benzene rings is 2. The van der Waals surface area contributed by atoms with Crippen LogP contribution in [0.1, 0.15) is 72.1 Å². The Hall–Kier alpha value is -3.14. The summed E-state index contributed by atoms with van der Waals surface area (Å²) in [5.41, 5.74) is 6.18. The van der Waals surface area contributed by atoms with Crippen LogP contribution in [-0.4, -0.2) is 25.2 Å².